The second-order valence-electron chi connectivity index (χ2n) is 3.34. The normalized spacial score (nSPS) is 28.2. The molecule has 0 radical (unpaired) electrons. The molecular formula is C10H11BrS. The summed E-state index contributed by atoms with van der Waals surface area (Å²) in [5, 5.41) is 0. The molecule has 1 unspecified atom stereocenters. The van der Waals surface area contributed by atoms with Gasteiger partial charge in [-0.05, 0) is 36.8 Å². The molecule has 0 aromatic heterocycles. The Morgan fingerprint density at radius 3 is 2.75 bits per heavy atom. The molecule has 1 saturated heterocycles. The van der Waals surface area contributed by atoms with Gasteiger partial charge in [0.1, 0.15) is 0 Å². The maximum Gasteiger partial charge on any atom is 0.0388 e. The molecular weight excluding hydrogens is 232 g/mol. The lowest BCUT2D eigenvalue weighted by Gasteiger charge is -2.38. The minimum atomic E-state index is 0.393. The SMILES string of the molecule is CC1(c2cccc(Br)c2)CCS1. The van der Waals surface area contributed by atoms with E-state index in [0.29, 0.717) is 4.75 Å². The Balaban J connectivity index is 2.33. The lowest BCUT2D eigenvalue weighted by atomic mass is 9.97. The average molecular weight is 243 g/mol. The molecule has 0 spiro atoms. The van der Waals surface area contributed by atoms with Gasteiger partial charge in [-0.3, -0.25) is 0 Å². The molecule has 1 heterocycles. The van der Waals surface area contributed by atoms with Gasteiger partial charge in [-0.15, -0.1) is 0 Å². The molecule has 0 aliphatic carbocycles. The van der Waals surface area contributed by atoms with Crippen LogP contribution in [0.5, 0.6) is 0 Å². The van der Waals surface area contributed by atoms with Gasteiger partial charge in [-0.2, -0.15) is 11.8 Å². The largest absolute Gasteiger partial charge is 0.151 e. The monoisotopic (exact) mass is 242 g/mol. The summed E-state index contributed by atoms with van der Waals surface area (Å²) in [7, 11) is 0. The summed E-state index contributed by atoms with van der Waals surface area (Å²) in [6.45, 7) is 2.32. The van der Waals surface area contributed by atoms with Gasteiger partial charge < -0.3 is 0 Å². The van der Waals surface area contributed by atoms with Gasteiger partial charge >= 0.3 is 0 Å². The highest BCUT2D eigenvalue weighted by Gasteiger charge is 2.34. The van der Waals surface area contributed by atoms with E-state index in [-0.39, 0.29) is 0 Å². The lowest BCUT2D eigenvalue weighted by Crippen LogP contribution is -2.27. The first-order chi connectivity index (χ1) is 5.71. The van der Waals surface area contributed by atoms with E-state index in [4.69, 9.17) is 0 Å². The van der Waals surface area contributed by atoms with Crippen molar-refractivity contribution in [2.45, 2.75) is 18.1 Å². The van der Waals surface area contributed by atoms with Crippen LogP contribution in [-0.4, -0.2) is 5.75 Å². The van der Waals surface area contributed by atoms with Gasteiger partial charge in [0.2, 0.25) is 0 Å². The third-order valence-corrected chi connectivity index (χ3v) is 4.41. The van der Waals surface area contributed by atoms with Crippen LogP contribution in [0.25, 0.3) is 0 Å². The molecule has 1 aromatic carbocycles. The minimum Gasteiger partial charge on any atom is -0.151 e. The van der Waals surface area contributed by atoms with Crippen molar-refractivity contribution >= 4 is 27.7 Å². The third kappa shape index (κ3) is 1.42. The van der Waals surface area contributed by atoms with Crippen LogP contribution in [0.1, 0.15) is 18.9 Å². The molecule has 1 aliphatic rings. The smallest absolute Gasteiger partial charge is 0.0388 e. The highest BCUT2D eigenvalue weighted by atomic mass is 79.9. The first-order valence-electron chi connectivity index (χ1n) is 4.11. The lowest BCUT2D eigenvalue weighted by molar-refractivity contribution is 0.626. The number of halogens is 1. The van der Waals surface area contributed by atoms with Gasteiger partial charge in [0.25, 0.3) is 0 Å². The summed E-state index contributed by atoms with van der Waals surface area (Å²) in [6, 6.07) is 8.64. The molecule has 0 bridgehead atoms. The second kappa shape index (κ2) is 3.08. The van der Waals surface area contributed by atoms with Crippen molar-refractivity contribution in [3.8, 4) is 0 Å². The molecule has 1 atom stereocenters. The zero-order valence-corrected chi connectivity index (χ0v) is 9.41. The molecule has 0 amide bonds. The Hall–Kier alpha value is 0.0500. The summed E-state index contributed by atoms with van der Waals surface area (Å²) in [5.41, 5.74) is 1.45. The summed E-state index contributed by atoms with van der Waals surface area (Å²) in [6.07, 6.45) is 1.31. The number of hydrogen-bond acceptors (Lipinski definition) is 1. The van der Waals surface area contributed by atoms with Crippen LogP contribution >= 0.6 is 27.7 Å². The Morgan fingerprint density at radius 1 is 1.50 bits per heavy atom. The standard InChI is InChI=1S/C10H11BrS/c1-10(5-6-12-10)8-3-2-4-9(11)7-8/h2-4,7H,5-6H2,1H3. The number of hydrogen-bond donors (Lipinski definition) is 0. The average Bonchev–Trinajstić information content (AvgIpc) is 2.00. The summed E-state index contributed by atoms with van der Waals surface area (Å²) < 4.78 is 1.58. The van der Waals surface area contributed by atoms with Gasteiger partial charge in [0.05, 0.1) is 0 Å². The molecule has 0 N–H and O–H groups in total. The number of benzene rings is 1. The molecule has 2 rings (SSSR count). The predicted molar refractivity (Wildman–Crippen MR) is 58.6 cm³/mol. The van der Waals surface area contributed by atoms with Crippen molar-refractivity contribution in [2.24, 2.45) is 0 Å². The fourth-order valence-corrected chi connectivity index (χ4v) is 2.96. The molecule has 0 nitrogen and oxygen atoms in total. The third-order valence-electron chi connectivity index (χ3n) is 2.44. The quantitative estimate of drug-likeness (QED) is 0.722. The Kier molecular flexibility index (Phi) is 2.21. The van der Waals surface area contributed by atoms with Gasteiger partial charge in [0.15, 0.2) is 0 Å². The summed E-state index contributed by atoms with van der Waals surface area (Å²) >= 11 is 5.55. The van der Waals surface area contributed by atoms with Crippen LogP contribution in [0.3, 0.4) is 0 Å². The molecule has 1 aliphatic heterocycles. The molecule has 64 valence electrons. The van der Waals surface area contributed by atoms with Crippen LogP contribution < -0.4 is 0 Å². The van der Waals surface area contributed by atoms with E-state index in [9.17, 15) is 0 Å². The maximum atomic E-state index is 3.50. The Bertz CT molecular complexity index is 292. The maximum absolute atomic E-state index is 3.50. The Morgan fingerprint density at radius 2 is 2.25 bits per heavy atom. The van der Waals surface area contributed by atoms with E-state index in [2.05, 4.69) is 47.1 Å². The molecule has 12 heavy (non-hydrogen) atoms. The molecule has 1 fully saturated rings. The molecule has 1 aromatic rings. The van der Waals surface area contributed by atoms with Crippen LogP contribution in [0.2, 0.25) is 0 Å². The topological polar surface area (TPSA) is 0 Å². The van der Waals surface area contributed by atoms with Crippen LogP contribution in [-0.2, 0) is 4.75 Å². The van der Waals surface area contributed by atoms with Crippen LogP contribution in [0.4, 0.5) is 0 Å². The second-order valence-corrected chi connectivity index (χ2v) is 5.85. The van der Waals surface area contributed by atoms with Gasteiger partial charge in [0, 0.05) is 9.22 Å². The van der Waals surface area contributed by atoms with Gasteiger partial charge in [-0.1, -0.05) is 28.1 Å². The molecule has 0 saturated carbocycles. The number of rotatable bonds is 1. The fourth-order valence-electron chi connectivity index (χ4n) is 1.45. The first-order valence-corrected chi connectivity index (χ1v) is 5.89. The van der Waals surface area contributed by atoms with Crippen molar-refractivity contribution < 1.29 is 0 Å². The predicted octanol–water partition coefficient (Wildman–Crippen LogP) is 3.80. The highest BCUT2D eigenvalue weighted by molar-refractivity contribution is 9.10. The zero-order valence-electron chi connectivity index (χ0n) is 7.01. The minimum absolute atomic E-state index is 0.393. The fraction of sp³-hybridized carbons (Fsp3) is 0.400. The van der Waals surface area contributed by atoms with E-state index >= 15 is 0 Å². The van der Waals surface area contributed by atoms with Gasteiger partial charge in [-0.25, -0.2) is 0 Å². The van der Waals surface area contributed by atoms with Crippen molar-refractivity contribution in [1.82, 2.24) is 0 Å². The highest BCUT2D eigenvalue weighted by Crippen LogP contribution is 2.48. The Labute approximate surface area is 85.9 Å². The van der Waals surface area contributed by atoms with E-state index in [1.165, 1.54) is 22.2 Å². The number of thioether (sulfide) groups is 1. The zero-order chi connectivity index (χ0) is 8.60. The van der Waals surface area contributed by atoms with Crippen molar-refractivity contribution in [2.75, 3.05) is 5.75 Å². The first kappa shape index (κ1) is 8.64. The summed E-state index contributed by atoms with van der Waals surface area (Å²) in [5.74, 6) is 1.31. The van der Waals surface area contributed by atoms with E-state index < -0.39 is 0 Å². The van der Waals surface area contributed by atoms with Crippen molar-refractivity contribution in [3.05, 3.63) is 34.3 Å². The van der Waals surface area contributed by atoms with E-state index in [1.807, 2.05) is 11.8 Å². The van der Waals surface area contributed by atoms with Crippen molar-refractivity contribution in [1.29, 1.82) is 0 Å². The summed E-state index contributed by atoms with van der Waals surface area (Å²) in [4.78, 5) is 0. The van der Waals surface area contributed by atoms with Crippen LogP contribution in [0.15, 0.2) is 28.7 Å². The van der Waals surface area contributed by atoms with Crippen LogP contribution in [0, 0.1) is 0 Å². The molecule has 2 heteroatoms. The van der Waals surface area contributed by atoms with Crippen molar-refractivity contribution in [3.63, 3.8) is 0 Å². The van der Waals surface area contributed by atoms with E-state index in [0.717, 1.165) is 0 Å². The van der Waals surface area contributed by atoms with E-state index in [1.54, 1.807) is 0 Å².